The van der Waals surface area contributed by atoms with Gasteiger partial charge in [-0.3, -0.25) is 18.7 Å². The Morgan fingerprint density at radius 2 is 1.89 bits per heavy atom. The van der Waals surface area contributed by atoms with Crippen LogP contribution in [0.3, 0.4) is 0 Å². The number of benzene rings is 1. The van der Waals surface area contributed by atoms with E-state index in [0.29, 0.717) is 16.5 Å². The molecule has 0 saturated carbocycles. The fourth-order valence-corrected chi connectivity index (χ4v) is 2.03. The highest BCUT2D eigenvalue weighted by Crippen LogP contribution is 2.13. The van der Waals surface area contributed by atoms with E-state index in [-0.39, 0.29) is 6.42 Å². The van der Waals surface area contributed by atoms with Gasteiger partial charge in [-0.25, -0.2) is 4.79 Å². The summed E-state index contributed by atoms with van der Waals surface area (Å²) in [4.78, 5) is 34.9. The Bertz CT molecular complexity index is 755. The Labute approximate surface area is 102 Å². The smallest absolute Gasteiger partial charge is 0.330 e. The minimum Gasteiger partial charge on any atom is -0.369 e. The van der Waals surface area contributed by atoms with Crippen molar-refractivity contribution in [3.63, 3.8) is 0 Å². The zero-order valence-electron chi connectivity index (χ0n) is 10.1. The van der Waals surface area contributed by atoms with Gasteiger partial charge in [-0.2, -0.15) is 0 Å². The van der Waals surface area contributed by atoms with Crippen LogP contribution in [0, 0.1) is 0 Å². The molecule has 6 nitrogen and oxygen atoms in total. The van der Waals surface area contributed by atoms with Gasteiger partial charge in [0.15, 0.2) is 0 Å². The number of carbonyl (C=O) groups excluding carboxylic acids is 1. The number of carbonyl (C=O) groups is 1. The highest BCUT2D eigenvalue weighted by Gasteiger charge is 2.12. The minimum atomic E-state index is -0.515. The molecule has 1 heterocycles. The van der Waals surface area contributed by atoms with Gasteiger partial charge >= 0.3 is 5.69 Å². The molecule has 0 bridgehead atoms. The minimum absolute atomic E-state index is 0.0230. The van der Waals surface area contributed by atoms with Gasteiger partial charge in [-0.15, -0.1) is 0 Å². The largest absolute Gasteiger partial charge is 0.369 e. The second kappa shape index (κ2) is 4.14. The van der Waals surface area contributed by atoms with Crippen LogP contribution < -0.4 is 17.0 Å². The highest BCUT2D eigenvalue weighted by atomic mass is 16.2. The number of primary amides is 1. The molecule has 0 unspecified atom stereocenters. The summed E-state index contributed by atoms with van der Waals surface area (Å²) in [5, 5.41) is 0.362. The van der Waals surface area contributed by atoms with E-state index in [0.717, 1.165) is 4.57 Å². The molecule has 1 aromatic heterocycles. The number of nitrogens with two attached hydrogens (primary N) is 1. The Balaban J connectivity index is 2.98. The molecular weight excluding hydrogens is 234 g/mol. The van der Waals surface area contributed by atoms with E-state index in [1.165, 1.54) is 11.6 Å². The SMILES string of the molecule is Cn1c(=O)c2c(CC(N)=O)cccc2n(C)c1=O. The van der Waals surface area contributed by atoms with Gasteiger partial charge < -0.3 is 5.73 Å². The zero-order chi connectivity index (χ0) is 13.4. The summed E-state index contributed by atoms with van der Waals surface area (Å²) in [6, 6.07) is 5.03. The molecule has 1 aromatic carbocycles. The summed E-state index contributed by atoms with van der Waals surface area (Å²) >= 11 is 0. The van der Waals surface area contributed by atoms with Crippen LogP contribution in [0.2, 0.25) is 0 Å². The summed E-state index contributed by atoms with van der Waals surface area (Å²) < 4.78 is 2.40. The Morgan fingerprint density at radius 3 is 2.50 bits per heavy atom. The van der Waals surface area contributed by atoms with Crippen molar-refractivity contribution in [1.29, 1.82) is 0 Å². The number of nitrogens with zero attached hydrogens (tertiary/aromatic N) is 2. The van der Waals surface area contributed by atoms with E-state index in [4.69, 9.17) is 5.73 Å². The van der Waals surface area contributed by atoms with Gasteiger partial charge in [0.25, 0.3) is 5.56 Å². The van der Waals surface area contributed by atoms with Crippen LogP contribution in [0.5, 0.6) is 0 Å². The van der Waals surface area contributed by atoms with Crippen molar-refractivity contribution in [2.45, 2.75) is 6.42 Å². The van der Waals surface area contributed by atoms with E-state index in [1.54, 1.807) is 25.2 Å². The standard InChI is InChI=1S/C12H13N3O3/c1-14-8-5-3-4-7(6-9(13)16)10(8)11(17)15(2)12(14)18/h3-5H,6H2,1-2H3,(H2,13,16). The lowest BCUT2D eigenvalue weighted by Gasteiger charge is -2.10. The first-order valence-electron chi connectivity index (χ1n) is 5.39. The second-order valence-corrected chi connectivity index (χ2v) is 4.16. The van der Waals surface area contributed by atoms with Gasteiger partial charge in [-0.05, 0) is 11.6 Å². The summed E-state index contributed by atoms with van der Waals surface area (Å²) in [6.45, 7) is 0. The third kappa shape index (κ3) is 1.71. The summed E-state index contributed by atoms with van der Waals surface area (Å²) in [7, 11) is 2.99. The molecule has 0 aliphatic rings. The number of rotatable bonds is 2. The van der Waals surface area contributed by atoms with Crippen LogP contribution in [0.25, 0.3) is 10.9 Å². The molecule has 0 fully saturated rings. The van der Waals surface area contributed by atoms with Crippen molar-refractivity contribution in [2.75, 3.05) is 0 Å². The third-order valence-electron chi connectivity index (χ3n) is 2.95. The van der Waals surface area contributed by atoms with Gasteiger partial charge in [0, 0.05) is 14.1 Å². The number of aryl methyl sites for hydroxylation is 1. The van der Waals surface area contributed by atoms with E-state index in [1.807, 2.05) is 0 Å². The first-order chi connectivity index (χ1) is 8.43. The molecule has 1 amide bonds. The molecule has 0 atom stereocenters. The predicted molar refractivity (Wildman–Crippen MR) is 67.3 cm³/mol. The number of amides is 1. The summed E-state index contributed by atoms with van der Waals surface area (Å²) in [6.07, 6.45) is -0.0230. The maximum atomic E-state index is 12.1. The van der Waals surface area contributed by atoms with E-state index in [2.05, 4.69) is 0 Å². The molecule has 94 valence electrons. The molecule has 0 radical (unpaired) electrons. The lowest BCUT2D eigenvalue weighted by atomic mass is 10.1. The maximum Gasteiger partial charge on any atom is 0.330 e. The Morgan fingerprint density at radius 1 is 1.22 bits per heavy atom. The molecule has 0 aliphatic heterocycles. The lowest BCUT2D eigenvalue weighted by molar-refractivity contribution is -0.117. The normalized spacial score (nSPS) is 10.8. The maximum absolute atomic E-state index is 12.1. The fourth-order valence-electron chi connectivity index (χ4n) is 2.03. The van der Waals surface area contributed by atoms with Crippen LogP contribution in [0.15, 0.2) is 27.8 Å². The number of hydrogen-bond donors (Lipinski definition) is 1. The Kier molecular flexibility index (Phi) is 2.78. The number of fused-ring (bicyclic) bond motifs is 1. The lowest BCUT2D eigenvalue weighted by Crippen LogP contribution is -2.37. The fraction of sp³-hybridized carbons (Fsp3) is 0.250. The van der Waals surface area contributed by atoms with Gasteiger partial charge in [0.05, 0.1) is 17.3 Å². The quantitative estimate of drug-likeness (QED) is 0.758. The predicted octanol–water partition coefficient (Wildman–Crippen LogP) is -0.735. The van der Waals surface area contributed by atoms with Gasteiger partial charge in [-0.1, -0.05) is 12.1 Å². The average molecular weight is 247 g/mol. The Hall–Kier alpha value is -2.37. The summed E-state index contributed by atoms with van der Waals surface area (Å²) in [5.41, 5.74) is 5.38. The van der Waals surface area contributed by atoms with Crippen molar-refractivity contribution < 1.29 is 4.79 Å². The molecule has 0 aliphatic carbocycles. The molecule has 6 heteroatoms. The average Bonchev–Trinajstić information content (AvgIpc) is 2.32. The first kappa shape index (κ1) is 12.1. The number of aromatic nitrogens is 2. The monoisotopic (exact) mass is 247 g/mol. The molecule has 2 N–H and O–H groups in total. The second-order valence-electron chi connectivity index (χ2n) is 4.16. The zero-order valence-corrected chi connectivity index (χ0v) is 10.1. The van der Waals surface area contributed by atoms with Crippen molar-refractivity contribution >= 4 is 16.8 Å². The van der Waals surface area contributed by atoms with Crippen molar-refractivity contribution in [3.05, 3.63) is 44.6 Å². The van der Waals surface area contributed by atoms with Crippen LogP contribution in [-0.4, -0.2) is 15.0 Å². The van der Waals surface area contributed by atoms with Gasteiger partial charge in [0.1, 0.15) is 0 Å². The topological polar surface area (TPSA) is 87.1 Å². The summed E-state index contributed by atoms with van der Waals surface area (Å²) in [5.74, 6) is -0.515. The number of hydrogen-bond acceptors (Lipinski definition) is 3. The third-order valence-corrected chi connectivity index (χ3v) is 2.95. The van der Waals surface area contributed by atoms with Crippen LogP contribution in [0.4, 0.5) is 0 Å². The molecular formula is C12H13N3O3. The van der Waals surface area contributed by atoms with E-state index in [9.17, 15) is 14.4 Å². The molecule has 18 heavy (non-hydrogen) atoms. The molecule has 0 spiro atoms. The molecule has 2 aromatic rings. The van der Waals surface area contributed by atoms with E-state index >= 15 is 0 Å². The van der Waals surface area contributed by atoms with Crippen molar-refractivity contribution in [1.82, 2.24) is 9.13 Å². The van der Waals surface area contributed by atoms with Crippen LogP contribution >= 0.6 is 0 Å². The van der Waals surface area contributed by atoms with Crippen molar-refractivity contribution in [3.8, 4) is 0 Å². The highest BCUT2D eigenvalue weighted by molar-refractivity contribution is 5.87. The first-order valence-corrected chi connectivity index (χ1v) is 5.39. The van der Waals surface area contributed by atoms with Crippen LogP contribution in [0.1, 0.15) is 5.56 Å². The van der Waals surface area contributed by atoms with E-state index < -0.39 is 17.2 Å². The van der Waals surface area contributed by atoms with Gasteiger partial charge in [0.2, 0.25) is 5.91 Å². The molecule has 2 rings (SSSR count). The van der Waals surface area contributed by atoms with Crippen molar-refractivity contribution in [2.24, 2.45) is 19.8 Å². The molecule has 0 saturated heterocycles. The van der Waals surface area contributed by atoms with Crippen LogP contribution in [-0.2, 0) is 25.3 Å².